The summed E-state index contributed by atoms with van der Waals surface area (Å²) in [6, 6.07) is 0. The largest absolute Gasteiger partial charge is 2.00 e. The number of hydrogen-bond acceptors (Lipinski definition) is 1. The van der Waals surface area contributed by atoms with Gasteiger partial charge >= 0.3 is 19.5 Å². The monoisotopic (exact) mass is 200 g/mol. The van der Waals surface area contributed by atoms with Crippen LogP contribution >= 0.6 is 0 Å². The molecular weight excluding hydrogens is 187 g/mol. The number of nitrogens with zero attached hydrogens (tertiary/aromatic N) is 1. The predicted octanol–water partition coefficient (Wildman–Crippen LogP) is -1.65. The Morgan fingerprint density at radius 2 is 1.11 bits per heavy atom. The topological polar surface area (TPSA) is 3.24 Å². The van der Waals surface area contributed by atoms with E-state index in [1.807, 2.05) is 0 Å². The Hall–Kier alpha value is 0.873. The summed E-state index contributed by atoms with van der Waals surface area (Å²) in [4.78, 5) is 2.38. The molecule has 0 aromatic rings. The van der Waals surface area contributed by atoms with Crippen LogP contribution in [-0.4, -0.2) is 24.5 Å². The molecule has 0 radical (unpaired) electrons. The molecule has 0 rings (SSSR count). The average Bonchev–Trinajstić information content (AvgIpc) is 1.72. The van der Waals surface area contributed by atoms with Crippen LogP contribution in [0, 0.1) is 0 Å². The van der Waals surface area contributed by atoms with Crippen molar-refractivity contribution in [3.8, 4) is 0 Å². The zero-order valence-electron chi connectivity index (χ0n) is 6.65. The molecule has 0 fully saturated rings. The second-order valence-corrected chi connectivity index (χ2v) is 1.62. The van der Waals surface area contributed by atoms with Crippen LogP contribution in [0.5, 0.6) is 0 Å². The third-order valence-electron chi connectivity index (χ3n) is 1.34. The van der Waals surface area contributed by atoms with Crippen molar-refractivity contribution in [2.24, 2.45) is 0 Å². The molecule has 0 aliphatic carbocycles. The summed E-state index contributed by atoms with van der Waals surface area (Å²) in [5.41, 5.74) is 0. The van der Waals surface area contributed by atoms with E-state index in [-0.39, 0.29) is 31.9 Å². The van der Waals surface area contributed by atoms with Crippen LogP contribution in [0.2, 0.25) is 0 Å². The van der Waals surface area contributed by atoms with Crippen molar-refractivity contribution in [1.82, 2.24) is 4.90 Å². The Labute approximate surface area is 77.4 Å². The summed E-state index contributed by atoms with van der Waals surface area (Å²) in [7, 11) is 0. The van der Waals surface area contributed by atoms with Gasteiger partial charge in [-0.3, -0.25) is 0 Å². The molecular formula is C6H15ClNZn+. The van der Waals surface area contributed by atoms with Crippen LogP contribution in [0.15, 0.2) is 0 Å². The van der Waals surface area contributed by atoms with E-state index in [1.165, 1.54) is 19.6 Å². The second kappa shape index (κ2) is 11.6. The fourth-order valence-electron chi connectivity index (χ4n) is 0.671. The van der Waals surface area contributed by atoms with Crippen molar-refractivity contribution in [2.45, 2.75) is 20.8 Å². The fraction of sp³-hybridized carbons (Fsp3) is 1.00. The van der Waals surface area contributed by atoms with Gasteiger partial charge in [0.2, 0.25) is 0 Å². The van der Waals surface area contributed by atoms with E-state index in [4.69, 9.17) is 0 Å². The fourth-order valence-corrected chi connectivity index (χ4v) is 0.671. The van der Waals surface area contributed by atoms with E-state index >= 15 is 0 Å². The molecule has 0 atom stereocenters. The van der Waals surface area contributed by atoms with Gasteiger partial charge in [0.05, 0.1) is 0 Å². The van der Waals surface area contributed by atoms with E-state index in [0.717, 1.165) is 0 Å². The number of hydrogen-bond donors (Lipinski definition) is 0. The van der Waals surface area contributed by atoms with Gasteiger partial charge in [-0.1, -0.05) is 20.8 Å². The standard InChI is InChI=1S/C6H15N.ClH.Zn/c1-4-7(5-2)6-3;;/h4-6H2,1-3H3;1H;/q;;+2/p-1. The van der Waals surface area contributed by atoms with Crippen LogP contribution < -0.4 is 12.4 Å². The molecule has 0 spiro atoms. The van der Waals surface area contributed by atoms with E-state index in [0.29, 0.717) is 0 Å². The molecule has 0 aromatic heterocycles. The first-order valence-corrected chi connectivity index (χ1v) is 3.07. The van der Waals surface area contributed by atoms with Gasteiger partial charge in [0.25, 0.3) is 0 Å². The molecule has 0 saturated heterocycles. The molecule has 0 saturated carbocycles. The zero-order chi connectivity index (χ0) is 5.70. The molecule has 0 aromatic carbocycles. The summed E-state index contributed by atoms with van der Waals surface area (Å²) in [5.74, 6) is 0. The molecule has 3 heteroatoms. The van der Waals surface area contributed by atoms with Crippen LogP contribution in [-0.2, 0) is 19.5 Å². The summed E-state index contributed by atoms with van der Waals surface area (Å²) >= 11 is 0. The van der Waals surface area contributed by atoms with Gasteiger partial charge in [-0.15, -0.1) is 0 Å². The van der Waals surface area contributed by atoms with Crippen molar-refractivity contribution >= 4 is 0 Å². The van der Waals surface area contributed by atoms with Gasteiger partial charge in [0, 0.05) is 0 Å². The van der Waals surface area contributed by atoms with E-state index in [1.54, 1.807) is 0 Å². The summed E-state index contributed by atoms with van der Waals surface area (Å²) in [6.45, 7) is 10.1. The van der Waals surface area contributed by atoms with Crippen molar-refractivity contribution in [3.63, 3.8) is 0 Å². The Kier molecular flexibility index (Phi) is 21.3. The minimum Gasteiger partial charge on any atom is -1.00 e. The first-order chi connectivity index (χ1) is 3.35. The van der Waals surface area contributed by atoms with Crippen LogP contribution in [0.3, 0.4) is 0 Å². The van der Waals surface area contributed by atoms with Gasteiger partial charge in [-0.05, 0) is 19.6 Å². The van der Waals surface area contributed by atoms with Gasteiger partial charge < -0.3 is 17.3 Å². The molecule has 0 heterocycles. The van der Waals surface area contributed by atoms with Crippen molar-refractivity contribution in [2.75, 3.05) is 19.6 Å². The van der Waals surface area contributed by atoms with E-state index in [2.05, 4.69) is 25.7 Å². The third-order valence-corrected chi connectivity index (χ3v) is 1.34. The minimum absolute atomic E-state index is 0. The average molecular weight is 202 g/mol. The normalized spacial score (nSPS) is 8.00. The van der Waals surface area contributed by atoms with Gasteiger partial charge in [0.1, 0.15) is 0 Å². The second-order valence-electron chi connectivity index (χ2n) is 1.62. The first-order valence-electron chi connectivity index (χ1n) is 3.07. The van der Waals surface area contributed by atoms with E-state index < -0.39 is 0 Å². The Balaban J connectivity index is -0.000000180. The third kappa shape index (κ3) is 8.87. The molecule has 0 aliphatic heterocycles. The summed E-state index contributed by atoms with van der Waals surface area (Å²) in [6.07, 6.45) is 0. The SMILES string of the molecule is CCN(CC)CC.[Cl-].[Zn+2]. The molecule has 0 aliphatic rings. The maximum absolute atomic E-state index is 2.38. The summed E-state index contributed by atoms with van der Waals surface area (Å²) < 4.78 is 0. The minimum atomic E-state index is 0. The Morgan fingerprint density at radius 1 is 0.889 bits per heavy atom. The van der Waals surface area contributed by atoms with Gasteiger partial charge in [0.15, 0.2) is 0 Å². The maximum atomic E-state index is 2.38. The van der Waals surface area contributed by atoms with E-state index in [9.17, 15) is 0 Å². The zero-order valence-corrected chi connectivity index (χ0v) is 10.4. The maximum Gasteiger partial charge on any atom is 2.00 e. The molecule has 0 N–H and O–H groups in total. The Morgan fingerprint density at radius 3 is 1.11 bits per heavy atom. The molecule has 9 heavy (non-hydrogen) atoms. The summed E-state index contributed by atoms with van der Waals surface area (Å²) in [5, 5.41) is 0. The van der Waals surface area contributed by atoms with Crippen molar-refractivity contribution in [1.29, 1.82) is 0 Å². The number of rotatable bonds is 3. The molecule has 0 unspecified atom stereocenters. The van der Waals surface area contributed by atoms with Crippen molar-refractivity contribution in [3.05, 3.63) is 0 Å². The van der Waals surface area contributed by atoms with Crippen LogP contribution in [0.4, 0.5) is 0 Å². The molecule has 0 bridgehead atoms. The number of halogens is 1. The van der Waals surface area contributed by atoms with Crippen LogP contribution in [0.25, 0.3) is 0 Å². The van der Waals surface area contributed by atoms with Gasteiger partial charge in [-0.2, -0.15) is 0 Å². The quantitative estimate of drug-likeness (QED) is 0.495. The van der Waals surface area contributed by atoms with Crippen molar-refractivity contribution < 1.29 is 31.9 Å². The van der Waals surface area contributed by atoms with Gasteiger partial charge in [-0.25, -0.2) is 0 Å². The predicted molar refractivity (Wildman–Crippen MR) is 33.5 cm³/mol. The smallest absolute Gasteiger partial charge is 1.00 e. The van der Waals surface area contributed by atoms with Crippen LogP contribution in [0.1, 0.15) is 20.8 Å². The molecule has 52 valence electrons. The molecule has 0 amide bonds. The molecule has 1 nitrogen and oxygen atoms in total. The Bertz CT molecular complexity index is 34.5. The first kappa shape index (κ1) is 16.5.